The summed E-state index contributed by atoms with van der Waals surface area (Å²) in [6.07, 6.45) is 2.78. The first-order chi connectivity index (χ1) is 13.8. The molecule has 1 aliphatic rings. The summed E-state index contributed by atoms with van der Waals surface area (Å²) in [4.78, 5) is 14.4. The van der Waals surface area contributed by atoms with E-state index >= 15 is 0 Å². The van der Waals surface area contributed by atoms with Gasteiger partial charge in [0.05, 0.1) is 12.6 Å². The van der Waals surface area contributed by atoms with Crippen molar-refractivity contribution in [1.29, 1.82) is 0 Å². The van der Waals surface area contributed by atoms with Gasteiger partial charge >= 0.3 is 0 Å². The number of benzene rings is 2. The fourth-order valence-electron chi connectivity index (χ4n) is 4.80. The van der Waals surface area contributed by atoms with Crippen molar-refractivity contribution in [1.82, 2.24) is 10.2 Å². The normalized spacial score (nSPS) is 22.5. The van der Waals surface area contributed by atoms with Crippen molar-refractivity contribution in [2.45, 2.75) is 64.6 Å². The lowest BCUT2D eigenvalue weighted by Crippen LogP contribution is -2.59. The molecule has 2 aromatic carbocycles. The molecule has 3 rings (SSSR count). The largest absolute Gasteiger partial charge is 0.497 e. The summed E-state index contributed by atoms with van der Waals surface area (Å²) in [5, 5.41) is 3.19. The van der Waals surface area contributed by atoms with Crippen LogP contribution in [0, 0.1) is 6.92 Å². The Kier molecular flexibility index (Phi) is 6.63. The molecule has 0 saturated carbocycles. The number of rotatable bonds is 6. The minimum Gasteiger partial charge on any atom is -0.497 e. The Morgan fingerprint density at radius 2 is 1.83 bits per heavy atom. The van der Waals surface area contributed by atoms with Crippen molar-refractivity contribution in [3.8, 4) is 5.75 Å². The van der Waals surface area contributed by atoms with Crippen LogP contribution in [0.5, 0.6) is 5.75 Å². The second kappa shape index (κ2) is 9.00. The second-order valence-corrected chi connectivity index (χ2v) is 8.60. The molecule has 1 saturated heterocycles. The minimum atomic E-state index is -0.180. The average Bonchev–Trinajstić information content (AvgIpc) is 2.69. The monoisotopic (exact) mass is 394 g/mol. The van der Waals surface area contributed by atoms with Crippen LogP contribution >= 0.6 is 0 Å². The number of hydrogen-bond acceptors (Lipinski definition) is 3. The lowest BCUT2D eigenvalue weighted by Gasteiger charge is -2.52. The number of aryl methyl sites for hydroxylation is 1. The molecule has 1 heterocycles. The number of carbonyl (C=O) groups is 1. The first kappa shape index (κ1) is 21.4. The van der Waals surface area contributed by atoms with Crippen LogP contribution in [0.3, 0.4) is 0 Å². The lowest BCUT2D eigenvalue weighted by atomic mass is 9.73. The van der Waals surface area contributed by atoms with Crippen LogP contribution in [0.1, 0.15) is 50.3 Å². The zero-order chi connectivity index (χ0) is 21.0. The molecule has 2 aromatic rings. The van der Waals surface area contributed by atoms with Gasteiger partial charge in [-0.2, -0.15) is 0 Å². The van der Waals surface area contributed by atoms with Crippen LogP contribution in [0.25, 0.3) is 0 Å². The Bertz CT molecular complexity index is 814. The van der Waals surface area contributed by atoms with Gasteiger partial charge in [0.25, 0.3) is 0 Å². The van der Waals surface area contributed by atoms with Gasteiger partial charge in [-0.1, -0.05) is 42.0 Å². The zero-order valence-electron chi connectivity index (χ0n) is 18.4. The average molecular weight is 395 g/mol. The predicted molar refractivity (Wildman–Crippen MR) is 118 cm³/mol. The molecule has 29 heavy (non-hydrogen) atoms. The summed E-state index contributed by atoms with van der Waals surface area (Å²) >= 11 is 0. The number of piperidine rings is 1. The van der Waals surface area contributed by atoms with Gasteiger partial charge in [0.2, 0.25) is 5.91 Å². The Labute approximate surface area is 175 Å². The van der Waals surface area contributed by atoms with E-state index in [-0.39, 0.29) is 17.5 Å². The number of likely N-dealkylation sites (tertiary alicyclic amines) is 1. The van der Waals surface area contributed by atoms with Gasteiger partial charge in [-0.3, -0.25) is 9.69 Å². The highest BCUT2D eigenvalue weighted by Gasteiger charge is 2.45. The van der Waals surface area contributed by atoms with Gasteiger partial charge in [-0.15, -0.1) is 0 Å². The van der Waals surface area contributed by atoms with E-state index < -0.39 is 0 Å². The molecule has 0 aromatic heterocycles. The molecule has 1 aliphatic heterocycles. The summed E-state index contributed by atoms with van der Waals surface area (Å²) < 4.78 is 5.40. The first-order valence-electron chi connectivity index (χ1n) is 10.6. The van der Waals surface area contributed by atoms with Crippen LogP contribution in [0.4, 0.5) is 0 Å². The van der Waals surface area contributed by atoms with Gasteiger partial charge in [-0.25, -0.2) is 0 Å². The summed E-state index contributed by atoms with van der Waals surface area (Å²) in [6.45, 7) is 9.24. The number of nitrogens with zero attached hydrogens (tertiary/aromatic N) is 1. The molecule has 0 spiro atoms. The molecule has 4 heteroatoms. The molecule has 1 N–H and O–H groups in total. The maximum atomic E-state index is 11.8. The van der Waals surface area contributed by atoms with Crippen molar-refractivity contribution in [2.75, 3.05) is 13.7 Å². The molecule has 0 bridgehead atoms. The number of amides is 1. The van der Waals surface area contributed by atoms with Crippen molar-refractivity contribution in [2.24, 2.45) is 0 Å². The quantitative estimate of drug-likeness (QED) is 0.787. The van der Waals surface area contributed by atoms with Gasteiger partial charge < -0.3 is 10.1 Å². The van der Waals surface area contributed by atoms with Crippen LogP contribution in [0.15, 0.2) is 48.5 Å². The smallest absolute Gasteiger partial charge is 0.217 e. The number of nitrogens with one attached hydrogen (secondary N) is 1. The first-order valence-corrected chi connectivity index (χ1v) is 10.6. The van der Waals surface area contributed by atoms with Gasteiger partial charge in [0, 0.05) is 25.6 Å². The maximum Gasteiger partial charge on any atom is 0.217 e. The molecular weight excluding hydrogens is 360 g/mol. The molecule has 0 radical (unpaired) electrons. The lowest BCUT2D eigenvalue weighted by molar-refractivity contribution is -0.120. The predicted octanol–water partition coefficient (Wildman–Crippen LogP) is 4.45. The standard InChI is InChI=1S/C25H34N2O2/c1-18(2)27-15-14-23(26-20(4)28)17-25(27,16-21-8-6-19(3)7-9-21)22-10-12-24(29-5)13-11-22/h6-13,18,23H,14-17H2,1-5H3,(H,26,28). The van der Waals surface area contributed by atoms with Crippen molar-refractivity contribution in [3.05, 3.63) is 65.2 Å². The molecule has 156 valence electrons. The minimum absolute atomic E-state index is 0.0481. The summed E-state index contributed by atoms with van der Waals surface area (Å²) in [6, 6.07) is 17.9. The molecule has 4 nitrogen and oxygen atoms in total. The highest BCUT2D eigenvalue weighted by Crippen LogP contribution is 2.42. The highest BCUT2D eigenvalue weighted by molar-refractivity contribution is 5.73. The molecule has 1 fully saturated rings. The van der Waals surface area contributed by atoms with E-state index in [1.807, 2.05) is 12.1 Å². The van der Waals surface area contributed by atoms with Gasteiger partial charge in [-0.05, 0) is 63.3 Å². The molecular formula is C25H34N2O2. The van der Waals surface area contributed by atoms with Crippen LogP contribution < -0.4 is 10.1 Å². The van der Waals surface area contributed by atoms with Crippen LogP contribution in [0.2, 0.25) is 0 Å². The van der Waals surface area contributed by atoms with E-state index in [0.29, 0.717) is 6.04 Å². The Morgan fingerprint density at radius 1 is 1.17 bits per heavy atom. The molecule has 1 amide bonds. The van der Waals surface area contributed by atoms with Crippen molar-refractivity contribution >= 4 is 5.91 Å². The van der Waals surface area contributed by atoms with Gasteiger partial charge in [0.1, 0.15) is 5.75 Å². The number of carbonyl (C=O) groups excluding carboxylic acids is 1. The third-order valence-electron chi connectivity index (χ3n) is 6.13. The fourth-order valence-corrected chi connectivity index (χ4v) is 4.80. The summed E-state index contributed by atoms with van der Waals surface area (Å²) in [5.74, 6) is 0.913. The molecule has 2 atom stereocenters. The van der Waals surface area contributed by atoms with Crippen LogP contribution in [-0.2, 0) is 16.8 Å². The van der Waals surface area contributed by atoms with E-state index in [9.17, 15) is 4.79 Å². The fraction of sp³-hybridized carbons (Fsp3) is 0.480. The zero-order valence-corrected chi connectivity index (χ0v) is 18.4. The third kappa shape index (κ3) is 4.81. The van der Waals surface area contributed by atoms with E-state index in [0.717, 1.165) is 31.6 Å². The molecule has 2 unspecified atom stereocenters. The van der Waals surface area contributed by atoms with E-state index in [1.54, 1.807) is 14.0 Å². The van der Waals surface area contributed by atoms with E-state index in [1.165, 1.54) is 16.7 Å². The second-order valence-electron chi connectivity index (χ2n) is 8.60. The topological polar surface area (TPSA) is 41.6 Å². The Morgan fingerprint density at radius 3 is 2.38 bits per heavy atom. The summed E-state index contributed by atoms with van der Waals surface area (Å²) in [7, 11) is 1.70. The Hall–Kier alpha value is -2.33. The highest BCUT2D eigenvalue weighted by atomic mass is 16.5. The van der Waals surface area contributed by atoms with E-state index in [4.69, 9.17) is 4.74 Å². The number of ether oxygens (including phenoxy) is 1. The maximum absolute atomic E-state index is 11.8. The summed E-state index contributed by atoms with van der Waals surface area (Å²) in [5.41, 5.74) is 3.69. The van der Waals surface area contributed by atoms with Gasteiger partial charge in [0.15, 0.2) is 0 Å². The van der Waals surface area contributed by atoms with Crippen LogP contribution in [-0.4, -0.2) is 36.5 Å². The Balaban J connectivity index is 2.08. The molecule has 0 aliphatic carbocycles. The number of methoxy groups -OCH3 is 1. The van der Waals surface area contributed by atoms with Crippen molar-refractivity contribution in [3.63, 3.8) is 0 Å². The third-order valence-corrected chi connectivity index (χ3v) is 6.13. The van der Waals surface area contributed by atoms with Crippen molar-refractivity contribution < 1.29 is 9.53 Å². The van der Waals surface area contributed by atoms with E-state index in [2.05, 4.69) is 67.4 Å². The SMILES string of the molecule is COc1ccc(C2(Cc3ccc(C)cc3)CC(NC(C)=O)CCN2C(C)C)cc1. The number of hydrogen-bond donors (Lipinski definition) is 1.